The summed E-state index contributed by atoms with van der Waals surface area (Å²) in [5.74, 6) is -0.243. The molecule has 7 heteroatoms. The molecule has 0 spiro atoms. The van der Waals surface area contributed by atoms with Crippen LogP contribution in [-0.2, 0) is 16.0 Å². The lowest BCUT2D eigenvalue weighted by atomic mass is 9.91. The smallest absolute Gasteiger partial charge is 0.243 e. The van der Waals surface area contributed by atoms with E-state index in [0.717, 1.165) is 31.2 Å². The highest BCUT2D eigenvalue weighted by molar-refractivity contribution is 5.82. The van der Waals surface area contributed by atoms with Crippen molar-refractivity contribution in [3.63, 3.8) is 0 Å². The molecule has 2 amide bonds. The van der Waals surface area contributed by atoms with E-state index in [4.69, 9.17) is 10.9 Å². The number of benzene rings is 1. The fourth-order valence-corrected chi connectivity index (χ4v) is 3.25. The van der Waals surface area contributed by atoms with E-state index in [-0.39, 0.29) is 17.6 Å². The molecule has 0 radical (unpaired) electrons. The van der Waals surface area contributed by atoms with Crippen LogP contribution >= 0.6 is 0 Å². The van der Waals surface area contributed by atoms with Crippen LogP contribution in [0.4, 0.5) is 4.39 Å². The van der Waals surface area contributed by atoms with Crippen LogP contribution in [0, 0.1) is 11.7 Å². The average molecular weight is 351 g/mol. The van der Waals surface area contributed by atoms with Gasteiger partial charge in [0.05, 0.1) is 6.04 Å². The standard InChI is InChI=1S/C18H26FN3O3/c19-15-6-4-14(5-7-15)12-16(20)18(24)22-10-8-13(9-11-22)2-1-3-17(23)21-25/h4-7,13,16,25H,1-3,8-12,20H2,(H,21,23)/t16-/m1/s1. The molecule has 25 heavy (non-hydrogen) atoms. The number of hydroxylamine groups is 1. The van der Waals surface area contributed by atoms with Gasteiger partial charge in [-0.2, -0.15) is 0 Å². The Morgan fingerprint density at radius 1 is 1.28 bits per heavy atom. The minimum atomic E-state index is -0.615. The number of nitrogens with zero attached hydrogens (tertiary/aromatic N) is 1. The Kier molecular flexibility index (Phi) is 7.33. The lowest BCUT2D eigenvalue weighted by molar-refractivity contribution is -0.134. The van der Waals surface area contributed by atoms with Gasteiger partial charge in [0.15, 0.2) is 0 Å². The first-order chi connectivity index (χ1) is 12.0. The number of halogens is 1. The monoisotopic (exact) mass is 351 g/mol. The normalized spacial score (nSPS) is 16.5. The molecule has 1 aliphatic rings. The number of carbonyl (C=O) groups excluding carboxylic acids is 2. The Morgan fingerprint density at radius 3 is 2.52 bits per heavy atom. The van der Waals surface area contributed by atoms with Gasteiger partial charge in [0, 0.05) is 19.5 Å². The van der Waals surface area contributed by atoms with E-state index in [0.29, 0.717) is 31.8 Å². The van der Waals surface area contributed by atoms with Crippen molar-refractivity contribution in [2.75, 3.05) is 13.1 Å². The van der Waals surface area contributed by atoms with Gasteiger partial charge in [-0.15, -0.1) is 0 Å². The Hall–Kier alpha value is -1.99. The zero-order chi connectivity index (χ0) is 18.2. The summed E-state index contributed by atoms with van der Waals surface area (Å²) in [6.45, 7) is 1.35. The molecule has 1 aliphatic heterocycles. The third-order valence-corrected chi connectivity index (χ3v) is 4.75. The van der Waals surface area contributed by atoms with Crippen LogP contribution in [-0.4, -0.2) is 41.1 Å². The highest BCUT2D eigenvalue weighted by Crippen LogP contribution is 2.23. The summed E-state index contributed by atoms with van der Waals surface area (Å²) in [7, 11) is 0. The zero-order valence-electron chi connectivity index (χ0n) is 14.3. The third kappa shape index (κ3) is 6.10. The first kappa shape index (κ1) is 19.3. The first-order valence-electron chi connectivity index (χ1n) is 8.71. The first-order valence-corrected chi connectivity index (χ1v) is 8.71. The van der Waals surface area contributed by atoms with Crippen molar-refractivity contribution >= 4 is 11.8 Å². The summed E-state index contributed by atoms with van der Waals surface area (Å²) >= 11 is 0. The number of nitrogens with two attached hydrogens (primary N) is 1. The van der Waals surface area contributed by atoms with Crippen LogP contribution in [0.5, 0.6) is 0 Å². The molecule has 0 aromatic heterocycles. The zero-order valence-corrected chi connectivity index (χ0v) is 14.3. The molecule has 0 unspecified atom stereocenters. The van der Waals surface area contributed by atoms with Crippen molar-refractivity contribution in [3.8, 4) is 0 Å². The van der Waals surface area contributed by atoms with Gasteiger partial charge in [-0.25, -0.2) is 9.87 Å². The minimum Gasteiger partial charge on any atom is -0.341 e. The molecular formula is C18H26FN3O3. The second-order valence-electron chi connectivity index (χ2n) is 6.63. The topological polar surface area (TPSA) is 95.7 Å². The molecule has 4 N–H and O–H groups in total. The lowest BCUT2D eigenvalue weighted by Gasteiger charge is -2.33. The van der Waals surface area contributed by atoms with Crippen molar-refractivity contribution in [1.82, 2.24) is 10.4 Å². The summed E-state index contributed by atoms with van der Waals surface area (Å²) in [4.78, 5) is 25.3. The van der Waals surface area contributed by atoms with Gasteiger partial charge >= 0.3 is 0 Å². The predicted octanol–water partition coefficient (Wildman–Crippen LogP) is 1.61. The van der Waals surface area contributed by atoms with Gasteiger partial charge in [0.2, 0.25) is 11.8 Å². The molecule has 6 nitrogen and oxygen atoms in total. The van der Waals surface area contributed by atoms with Gasteiger partial charge in [0.25, 0.3) is 0 Å². The van der Waals surface area contributed by atoms with Crippen molar-refractivity contribution in [1.29, 1.82) is 0 Å². The largest absolute Gasteiger partial charge is 0.341 e. The summed E-state index contributed by atoms with van der Waals surface area (Å²) in [5, 5.41) is 8.46. The minimum absolute atomic E-state index is 0.0672. The number of hydrogen-bond donors (Lipinski definition) is 3. The van der Waals surface area contributed by atoms with E-state index in [2.05, 4.69) is 0 Å². The van der Waals surface area contributed by atoms with Crippen molar-refractivity contribution in [3.05, 3.63) is 35.6 Å². The summed E-state index contributed by atoms with van der Waals surface area (Å²) in [6.07, 6.45) is 4.16. The molecule has 0 saturated carbocycles. The number of likely N-dealkylation sites (tertiary alicyclic amines) is 1. The summed E-state index contributed by atoms with van der Waals surface area (Å²) in [6, 6.07) is 5.42. The molecule has 1 saturated heterocycles. The Bertz CT molecular complexity index is 571. The maximum atomic E-state index is 12.9. The number of rotatable bonds is 7. The third-order valence-electron chi connectivity index (χ3n) is 4.75. The molecular weight excluding hydrogens is 325 g/mol. The fraction of sp³-hybridized carbons (Fsp3) is 0.556. The number of nitrogens with one attached hydrogen (secondary N) is 1. The highest BCUT2D eigenvalue weighted by Gasteiger charge is 2.26. The number of hydrogen-bond acceptors (Lipinski definition) is 4. The van der Waals surface area contributed by atoms with Gasteiger partial charge < -0.3 is 10.6 Å². The van der Waals surface area contributed by atoms with Gasteiger partial charge in [0.1, 0.15) is 5.82 Å². The Labute approximate surface area is 147 Å². The van der Waals surface area contributed by atoms with Crippen LogP contribution in [0.2, 0.25) is 0 Å². The van der Waals surface area contributed by atoms with Gasteiger partial charge in [-0.3, -0.25) is 14.8 Å². The molecule has 2 rings (SSSR count). The molecule has 1 fully saturated rings. The van der Waals surface area contributed by atoms with Crippen LogP contribution in [0.15, 0.2) is 24.3 Å². The van der Waals surface area contributed by atoms with Gasteiger partial charge in [-0.05, 0) is 55.7 Å². The predicted molar refractivity (Wildman–Crippen MR) is 91.2 cm³/mol. The van der Waals surface area contributed by atoms with Crippen LogP contribution in [0.25, 0.3) is 0 Å². The molecule has 138 valence electrons. The van der Waals surface area contributed by atoms with Gasteiger partial charge in [-0.1, -0.05) is 12.1 Å². The van der Waals surface area contributed by atoms with Crippen molar-refractivity contribution in [2.45, 2.75) is 44.6 Å². The van der Waals surface area contributed by atoms with E-state index in [1.807, 2.05) is 0 Å². The van der Waals surface area contributed by atoms with Crippen molar-refractivity contribution < 1.29 is 19.2 Å². The van der Waals surface area contributed by atoms with Crippen LogP contribution in [0.3, 0.4) is 0 Å². The van der Waals surface area contributed by atoms with Crippen LogP contribution in [0.1, 0.15) is 37.7 Å². The molecule has 1 heterocycles. The van der Waals surface area contributed by atoms with E-state index in [1.165, 1.54) is 12.1 Å². The lowest BCUT2D eigenvalue weighted by Crippen LogP contribution is -2.48. The van der Waals surface area contributed by atoms with E-state index >= 15 is 0 Å². The van der Waals surface area contributed by atoms with E-state index in [9.17, 15) is 14.0 Å². The number of amides is 2. The summed E-state index contributed by atoms with van der Waals surface area (Å²) < 4.78 is 12.9. The average Bonchev–Trinajstić information content (AvgIpc) is 2.63. The molecule has 0 aliphatic carbocycles. The molecule has 1 aromatic rings. The molecule has 1 aromatic carbocycles. The van der Waals surface area contributed by atoms with E-state index < -0.39 is 6.04 Å². The SMILES string of the molecule is N[C@H](Cc1ccc(F)cc1)C(=O)N1CCC(CCCC(=O)NO)CC1. The molecule has 0 bridgehead atoms. The maximum Gasteiger partial charge on any atom is 0.243 e. The Balaban J connectivity index is 1.72. The highest BCUT2D eigenvalue weighted by atomic mass is 19.1. The fourth-order valence-electron chi connectivity index (χ4n) is 3.25. The van der Waals surface area contributed by atoms with Crippen molar-refractivity contribution in [2.24, 2.45) is 11.7 Å². The number of piperidine rings is 1. The van der Waals surface area contributed by atoms with E-state index in [1.54, 1.807) is 22.5 Å². The quantitative estimate of drug-likeness (QED) is 0.514. The second kappa shape index (κ2) is 9.48. The van der Waals surface area contributed by atoms with Crippen LogP contribution < -0.4 is 11.2 Å². The summed E-state index contributed by atoms with van der Waals surface area (Å²) in [5.41, 5.74) is 8.51. The Morgan fingerprint density at radius 2 is 1.92 bits per heavy atom. The number of carbonyl (C=O) groups is 2. The molecule has 1 atom stereocenters. The second-order valence-corrected chi connectivity index (χ2v) is 6.63. The maximum absolute atomic E-state index is 12.9.